The number of benzene rings is 1. The van der Waals surface area contributed by atoms with Gasteiger partial charge in [-0.2, -0.15) is 0 Å². The van der Waals surface area contributed by atoms with E-state index in [1.807, 2.05) is 6.92 Å². The SMILES string of the molecule is CCCCN(C(=O)C1CC(=O)N(c2ccccc2F)C1)C1CCS(=O)(=O)C1. The number of rotatable bonds is 6. The first-order valence-corrected chi connectivity index (χ1v) is 11.2. The van der Waals surface area contributed by atoms with E-state index in [1.54, 1.807) is 17.0 Å². The molecule has 2 aliphatic heterocycles. The lowest BCUT2D eigenvalue weighted by atomic mass is 10.0. The van der Waals surface area contributed by atoms with Crippen LogP contribution in [0.25, 0.3) is 0 Å². The fourth-order valence-corrected chi connectivity index (χ4v) is 5.56. The first-order chi connectivity index (χ1) is 12.8. The highest BCUT2D eigenvalue weighted by Gasteiger charge is 2.41. The Bertz CT molecular complexity index is 827. The monoisotopic (exact) mass is 396 g/mol. The first-order valence-electron chi connectivity index (χ1n) is 9.38. The van der Waals surface area contributed by atoms with Crippen LogP contribution in [-0.4, -0.2) is 55.8 Å². The molecule has 3 rings (SSSR count). The van der Waals surface area contributed by atoms with E-state index in [9.17, 15) is 22.4 Å². The predicted molar refractivity (Wildman–Crippen MR) is 101 cm³/mol. The molecular weight excluding hydrogens is 371 g/mol. The summed E-state index contributed by atoms with van der Waals surface area (Å²) < 4.78 is 37.7. The van der Waals surface area contributed by atoms with Crippen LogP contribution in [0.15, 0.2) is 24.3 Å². The number of carbonyl (C=O) groups is 2. The third kappa shape index (κ3) is 4.31. The Hall–Kier alpha value is -1.96. The lowest BCUT2D eigenvalue weighted by molar-refractivity contribution is -0.137. The fraction of sp³-hybridized carbons (Fsp3) is 0.579. The molecule has 0 bridgehead atoms. The van der Waals surface area contributed by atoms with Crippen molar-refractivity contribution >= 4 is 27.3 Å². The van der Waals surface area contributed by atoms with Gasteiger partial charge in [-0.1, -0.05) is 25.5 Å². The largest absolute Gasteiger partial charge is 0.338 e. The van der Waals surface area contributed by atoms with E-state index < -0.39 is 21.6 Å². The smallest absolute Gasteiger partial charge is 0.228 e. The second-order valence-electron chi connectivity index (χ2n) is 7.30. The summed E-state index contributed by atoms with van der Waals surface area (Å²) in [5.41, 5.74) is 0.182. The van der Waals surface area contributed by atoms with Gasteiger partial charge in [-0.15, -0.1) is 0 Å². The van der Waals surface area contributed by atoms with Crippen LogP contribution in [0.5, 0.6) is 0 Å². The molecule has 1 aromatic carbocycles. The van der Waals surface area contributed by atoms with Crippen LogP contribution in [0, 0.1) is 11.7 Å². The van der Waals surface area contributed by atoms with Crippen LogP contribution in [0.4, 0.5) is 10.1 Å². The highest BCUT2D eigenvalue weighted by Crippen LogP contribution is 2.30. The first kappa shape index (κ1) is 19.8. The molecule has 2 fully saturated rings. The van der Waals surface area contributed by atoms with Gasteiger partial charge in [0.2, 0.25) is 11.8 Å². The lowest BCUT2D eigenvalue weighted by Crippen LogP contribution is -2.45. The van der Waals surface area contributed by atoms with Crippen LogP contribution in [0.2, 0.25) is 0 Å². The van der Waals surface area contributed by atoms with Crippen molar-refractivity contribution in [2.75, 3.05) is 29.5 Å². The Morgan fingerprint density at radius 1 is 1.33 bits per heavy atom. The summed E-state index contributed by atoms with van der Waals surface area (Å²) in [6.07, 6.45) is 2.12. The van der Waals surface area contributed by atoms with E-state index in [4.69, 9.17) is 0 Å². The van der Waals surface area contributed by atoms with Crippen molar-refractivity contribution in [2.45, 2.75) is 38.6 Å². The second kappa shape index (κ2) is 7.96. The molecule has 2 amide bonds. The molecule has 0 radical (unpaired) electrons. The Kier molecular flexibility index (Phi) is 5.83. The number of para-hydroxylation sites is 1. The van der Waals surface area contributed by atoms with Crippen molar-refractivity contribution in [3.63, 3.8) is 0 Å². The molecule has 0 aromatic heterocycles. The van der Waals surface area contributed by atoms with Crippen LogP contribution >= 0.6 is 0 Å². The molecule has 148 valence electrons. The molecule has 2 unspecified atom stereocenters. The van der Waals surface area contributed by atoms with Crippen molar-refractivity contribution in [3.05, 3.63) is 30.1 Å². The average molecular weight is 396 g/mol. The maximum Gasteiger partial charge on any atom is 0.228 e. The normalized spacial score (nSPS) is 24.4. The zero-order valence-electron chi connectivity index (χ0n) is 15.4. The second-order valence-corrected chi connectivity index (χ2v) is 9.53. The van der Waals surface area contributed by atoms with Crippen LogP contribution in [0.1, 0.15) is 32.6 Å². The molecule has 2 heterocycles. The number of sulfone groups is 1. The molecule has 2 aliphatic rings. The van der Waals surface area contributed by atoms with Gasteiger partial charge in [-0.3, -0.25) is 9.59 Å². The molecule has 0 N–H and O–H groups in total. The Morgan fingerprint density at radius 3 is 2.70 bits per heavy atom. The van der Waals surface area contributed by atoms with E-state index in [2.05, 4.69) is 0 Å². The Morgan fingerprint density at radius 2 is 2.07 bits per heavy atom. The van der Waals surface area contributed by atoms with E-state index in [0.29, 0.717) is 13.0 Å². The molecule has 0 aliphatic carbocycles. The van der Waals surface area contributed by atoms with Crippen molar-refractivity contribution in [2.24, 2.45) is 5.92 Å². The van der Waals surface area contributed by atoms with Crippen molar-refractivity contribution in [3.8, 4) is 0 Å². The molecular formula is C19H25FN2O4S. The highest BCUT2D eigenvalue weighted by molar-refractivity contribution is 7.91. The predicted octanol–water partition coefficient (Wildman–Crippen LogP) is 1.99. The van der Waals surface area contributed by atoms with Gasteiger partial charge in [0.25, 0.3) is 0 Å². The minimum absolute atomic E-state index is 0.0137. The Balaban J connectivity index is 1.76. The number of halogens is 1. The lowest BCUT2D eigenvalue weighted by Gasteiger charge is -2.30. The zero-order chi connectivity index (χ0) is 19.6. The molecule has 2 atom stereocenters. The van der Waals surface area contributed by atoms with E-state index in [-0.39, 0.29) is 48.0 Å². The van der Waals surface area contributed by atoms with Crippen molar-refractivity contribution in [1.82, 2.24) is 4.90 Å². The van der Waals surface area contributed by atoms with Crippen molar-refractivity contribution in [1.29, 1.82) is 0 Å². The highest BCUT2D eigenvalue weighted by atomic mass is 32.2. The molecule has 27 heavy (non-hydrogen) atoms. The maximum atomic E-state index is 14.0. The molecule has 8 heteroatoms. The molecule has 1 aromatic rings. The number of carbonyl (C=O) groups excluding carboxylic acids is 2. The number of unbranched alkanes of at least 4 members (excludes halogenated alkanes) is 1. The summed E-state index contributed by atoms with van der Waals surface area (Å²) in [6.45, 7) is 2.62. The van der Waals surface area contributed by atoms with E-state index >= 15 is 0 Å². The third-order valence-corrected chi connectivity index (χ3v) is 7.05. The molecule has 0 spiro atoms. The number of anilines is 1. The summed E-state index contributed by atoms with van der Waals surface area (Å²) in [6, 6.07) is 5.69. The standard InChI is InChI=1S/C19H25FN2O4S/c1-2-3-9-21(15-8-10-27(25,26)13-15)19(24)14-11-18(23)22(12-14)17-7-5-4-6-16(17)20/h4-7,14-15H,2-3,8-13H2,1H3. The summed E-state index contributed by atoms with van der Waals surface area (Å²) in [5, 5.41) is 0. The van der Waals surface area contributed by atoms with Gasteiger partial charge < -0.3 is 9.80 Å². The van der Waals surface area contributed by atoms with Gasteiger partial charge in [-0.25, -0.2) is 12.8 Å². The summed E-state index contributed by atoms with van der Waals surface area (Å²) >= 11 is 0. The molecule has 6 nitrogen and oxygen atoms in total. The van der Waals surface area contributed by atoms with Crippen LogP contribution < -0.4 is 4.90 Å². The minimum Gasteiger partial charge on any atom is -0.338 e. The van der Waals surface area contributed by atoms with Crippen molar-refractivity contribution < 1.29 is 22.4 Å². The Labute approximate surface area is 159 Å². The van der Waals surface area contributed by atoms with Gasteiger partial charge in [0.15, 0.2) is 9.84 Å². The quantitative estimate of drug-likeness (QED) is 0.737. The van der Waals surface area contributed by atoms with E-state index in [1.165, 1.54) is 17.0 Å². The van der Waals surface area contributed by atoms with Crippen LogP contribution in [0.3, 0.4) is 0 Å². The van der Waals surface area contributed by atoms with Gasteiger partial charge in [0, 0.05) is 25.6 Å². The zero-order valence-corrected chi connectivity index (χ0v) is 16.3. The van der Waals surface area contributed by atoms with Gasteiger partial charge >= 0.3 is 0 Å². The van der Waals surface area contributed by atoms with Gasteiger partial charge in [0.1, 0.15) is 5.82 Å². The summed E-state index contributed by atoms with van der Waals surface area (Å²) in [4.78, 5) is 28.5. The number of nitrogens with zero attached hydrogens (tertiary/aromatic N) is 2. The molecule has 0 saturated carbocycles. The topological polar surface area (TPSA) is 74.8 Å². The number of hydrogen-bond donors (Lipinski definition) is 0. The maximum absolute atomic E-state index is 14.0. The molecule has 2 saturated heterocycles. The number of amides is 2. The van der Waals surface area contributed by atoms with Gasteiger partial charge in [-0.05, 0) is 25.0 Å². The minimum atomic E-state index is -3.11. The van der Waals surface area contributed by atoms with Gasteiger partial charge in [0.05, 0.1) is 23.1 Å². The fourth-order valence-electron chi connectivity index (χ4n) is 3.83. The van der Waals surface area contributed by atoms with E-state index in [0.717, 1.165) is 12.8 Å². The summed E-state index contributed by atoms with van der Waals surface area (Å²) in [7, 11) is -3.11. The third-order valence-electron chi connectivity index (χ3n) is 5.30. The summed E-state index contributed by atoms with van der Waals surface area (Å²) in [5.74, 6) is -1.47. The average Bonchev–Trinajstić information content (AvgIpc) is 3.18. The number of hydrogen-bond acceptors (Lipinski definition) is 4. The van der Waals surface area contributed by atoms with Crippen LogP contribution in [-0.2, 0) is 19.4 Å².